The Morgan fingerprint density at radius 1 is 1.05 bits per heavy atom. The maximum Gasteiger partial charge on any atom is 0.168 e. The fourth-order valence-electron chi connectivity index (χ4n) is 2.71. The molecule has 1 aromatic rings. The van der Waals surface area contributed by atoms with Crippen LogP contribution in [0.3, 0.4) is 0 Å². The van der Waals surface area contributed by atoms with Crippen LogP contribution in [0.25, 0.3) is 0 Å². The molecular formula is C16H29IN2. The van der Waals surface area contributed by atoms with Crippen LogP contribution in [0, 0.1) is 3.83 Å². The second kappa shape index (κ2) is 8.98. The standard InChI is InChI=1S/C16H29IN2/c1-4-6-8-10-12-16(3,11-9-7-5-2)14-13-18-15(17)19-14/h13H,4-12H2,1-3H3,(H,18,19). The molecule has 19 heavy (non-hydrogen) atoms. The van der Waals surface area contributed by atoms with E-state index in [0.29, 0.717) is 5.41 Å². The minimum absolute atomic E-state index is 0.291. The van der Waals surface area contributed by atoms with Gasteiger partial charge in [-0.25, -0.2) is 4.98 Å². The molecule has 1 heterocycles. The van der Waals surface area contributed by atoms with Crippen LogP contribution in [-0.2, 0) is 5.41 Å². The lowest BCUT2D eigenvalue weighted by Crippen LogP contribution is -2.22. The van der Waals surface area contributed by atoms with E-state index in [1.54, 1.807) is 0 Å². The lowest BCUT2D eigenvalue weighted by molar-refractivity contribution is 0.358. The maximum absolute atomic E-state index is 4.39. The molecule has 0 aromatic carbocycles. The molecule has 1 rings (SSSR count). The number of halogens is 1. The fourth-order valence-corrected chi connectivity index (χ4v) is 3.13. The molecule has 1 N–H and O–H groups in total. The third-order valence-electron chi connectivity index (χ3n) is 4.11. The Hall–Kier alpha value is -0.0600. The van der Waals surface area contributed by atoms with Crippen LogP contribution in [-0.4, -0.2) is 9.97 Å². The van der Waals surface area contributed by atoms with Gasteiger partial charge in [-0.1, -0.05) is 65.7 Å². The van der Waals surface area contributed by atoms with E-state index in [9.17, 15) is 0 Å². The first-order valence-corrected chi connectivity index (χ1v) is 8.91. The van der Waals surface area contributed by atoms with Crippen molar-refractivity contribution in [2.45, 2.75) is 84.0 Å². The molecule has 0 aliphatic heterocycles. The van der Waals surface area contributed by atoms with Crippen molar-refractivity contribution in [2.75, 3.05) is 0 Å². The molecule has 1 atom stereocenters. The van der Waals surface area contributed by atoms with E-state index in [1.165, 1.54) is 63.5 Å². The van der Waals surface area contributed by atoms with Crippen LogP contribution < -0.4 is 0 Å². The summed E-state index contributed by atoms with van der Waals surface area (Å²) < 4.78 is 1.02. The quantitative estimate of drug-likeness (QED) is 0.404. The highest BCUT2D eigenvalue weighted by Crippen LogP contribution is 2.34. The molecule has 1 aromatic heterocycles. The highest BCUT2D eigenvalue weighted by molar-refractivity contribution is 14.1. The van der Waals surface area contributed by atoms with Gasteiger partial charge in [0.2, 0.25) is 0 Å². The van der Waals surface area contributed by atoms with Gasteiger partial charge in [0.25, 0.3) is 0 Å². The number of unbranched alkanes of at least 4 members (excludes halogenated alkanes) is 5. The van der Waals surface area contributed by atoms with E-state index in [-0.39, 0.29) is 0 Å². The zero-order valence-electron chi connectivity index (χ0n) is 12.8. The van der Waals surface area contributed by atoms with Gasteiger partial charge in [0.05, 0.1) is 0 Å². The van der Waals surface area contributed by atoms with Gasteiger partial charge < -0.3 is 4.98 Å². The molecule has 3 heteroatoms. The summed E-state index contributed by atoms with van der Waals surface area (Å²) in [7, 11) is 0. The molecule has 0 fully saturated rings. The summed E-state index contributed by atoms with van der Waals surface area (Å²) in [6.45, 7) is 6.97. The van der Waals surface area contributed by atoms with Gasteiger partial charge >= 0.3 is 0 Å². The minimum Gasteiger partial charge on any atom is -0.337 e. The Morgan fingerprint density at radius 3 is 2.16 bits per heavy atom. The summed E-state index contributed by atoms with van der Waals surface area (Å²) in [6.07, 6.45) is 14.0. The molecule has 0 bridgehead atoms. The Labute approximate surface area is 132 Å². The molecule has 0 aliphatic carbocycles. The van der Waals surface area contributed by atoms with Gasteiger partial charge in [0.15, 0.2) is 3.83 Å². The van der Waals surface area contributed by atoms with Crippen molar-refractivity contribution in [2.24, 2.45) is 0 Å². The van der Waals surface area contributed by atoms with Gasteiger partial charge in [-0.2, -0.15) is 0 Å². The second-order valence-corrected chi connectivity index (χ2v) is 6.94. The number of aromatic amines is 1. The van der Waals surface area contributed by atoms with E-state index in [4.69, 9.17) is 0 Å². The van der Waals surface area contributed by atoms with Gasteiger partial charge in [-0.3, -0.25) is 0 Å². The lowest BCUT2D eigenvalue weighted by atomic mass is 9.77. The number of hydrogen-bond donors (Lipinski definition) is 1. The largest absolute Gasteiger partial charge is 0.337 e. The third-order valence-corrected chi connectivity index (χ3v) is 4.66. The average molecular weight is 376 g/mol. The van der Waals surface area contributed by atoms with Crippen LogP contribution in [0.2, 0.25) is 0 Å². The zero-order chi connectivity index (χ0) is 14.1. The highest BCUT2D eigenvalue weighted by atomic mass is 127. The van der Waals surface area contributed by atoms with Crippen LogP contribution in [0.1, 0.15) is 84.3 Å². The summed E-state index contributed by atoms with van der Waals surface area (Å²) in [6, 6.07) is 0. The fraction of sp³-hybridized carbons (Fsp3) is 0.812. The van der Waals surface area contributed by atoms with E-state index in [1.807, 2.05) is 6.20 Å². The van der Waals surface area contributed by atoms with Crippen molar-refractivity contribution >= 4 is 22.6 Å². The zero-order valence-corrected chi connectivity index (χ0v) is 14.9. The SMILES string of the molecule is CCCCCCC(C)(CCCCC)c1cnc(I)[nH]1. The summed E-state index contributed by atoms with van der Waals surface area (Å²) in [5.41, 5.74) is 1.63. The minimum atomic E-state index is 0.291. The Balaban J connectivity index is 2.60. The molecule has 0 spiro atoms. The predicted octanol–water partition coefficient (Wildman–Crippen LogP) is 5.82. The number of nitrogens with zero attached hydrogens (tertiary/aromatic N) is 1. The van der Waals surface area contributed by atoms with Crippen molar-refractivity contribution in [1.29, 1.82) is 0 Å². The number of rotatable bonds is 10. The molecule has 0 radical (unpaired) electrons. The smallest absolute Gasteiger partial charge is 0.168 e. The Kier molecular flexibility index (Phi) is 8.03. The van der Waals surface area contributed by atoms with Crippen molar-refractivity contribution < 1.29 is 0 Å². The van der Waals surface area contributed by atoms with E-state index >= 15 is 0 Å². The molecule has 1 unspecified atom stereocenters. The number of H-pyrrole nitrogens is 1. The second-order valence-electron chi connectivity index (χ2n) is 5.92. The number of hydrogen-bond acceptors (Lipinski definition) is 1. The van der Waals surface area contributed by atoms with E-state index in [0.717, 1.165) is 3.83 Å². The summed E-state index contributed by atoms with van der Waals surface area (Å²) in [4.78, 5) is 7.85. The van der Waals surface area contributed by atoms with Crippen molar-refractivity contribution in [3.05, 3.63) is 15.7 Å². The van der Waals surface area contributed by atoms with Crippen molar-refractivity contribution in [3.63, 3.8) is 0 Å². The molecule has 0 saturated heterocycles. The van der Waals surface area contributed by atoms with Crippen LogP contribution in [0.4, 0.5) is 0 Å². The van der Waals surface area contributed by atoms with Gasteiger partial charge in [0.1, 0.15) is 0 Å². The highest BCUT2D eigenvalue weighted by Gasteiger charge is 2.27. The molecule has 0 aliphatic rings. The Morgan fingerprint density at radius 2 is 1.63 bits per heavy atom. The molecule has 2 nitrogen and oxygen atoms in total. The van der Waals surface area contributed by atoms with Gasteiger partial charge in [0, 0.05) is 17.3 Å². The normalized spacial score (nSPS) is 14.5. The van der Waals surface area contributed by atoms with Gasteiger partial charge in [-0.05, 0) is 35.4 Å². The number of imidazole rings is 1. The maximum atomic E-state index is 4.39. The number of aromatic nitrogens is 2. The number of nitrogens with one attached hydrogen (secondary N) is 1. The van der Waals surface area contributed by atoms with E-state index < -0.39 is 0 Å². The summed E-state index contributed by atoms with van der Waals surface area (Å²) in [5, 5.41) is 0. The third kappa shape index (κ3) is 5.84. The molecule has 110 valence electrons. The summed E-state index contributed by atoms with van der Waals surface area (Å²) in [5.74, 6) is 0. The molecule has 0 saturated carbocycles. The van der Waals surface area contributed by atoms with Crippen LogP contribution >= 0.6 is 22.6 Å². The van der Waals surface area contributed by atoms with Gasteiger partial charge in [-0.15, -0.1) is 0 Å². The lowest BCUT2D eigenvalue weighted by Gasteiger charge is -2.28. The Bertz CT molecular complexity index is 348. The summed E-state index contributed by atoms with van der Waals surface area (Å²) >= 11 is 2.27. The molecule has 0 amide bonds. The topological polar surface area (TPSA) is 28.7 Å². The van der Waals surface area contributed by atoms with E-state index in [2.05, 4.69) is 53.3 Å². The van der Waals surface area contributed by atoms with Crippen molar-refractivity contribution in [3.8, 4) is 0 Å². The van der Waals surface area contributed by atoms with Crippen molar-refractivity contribution in [1.82, 2.24) is 9.97 Å². The average Bonchev–Trinajstić information content (AvgIpc) is 2.82. The predicted molar refractivity (Wildman–Crippen MR) is 91.6 cm³/mol. The molecular weight excluding hydrogens is 347 g/mol. The van der Waals surface area contributed by atoms with Crippen LogP contribution in [0.15, 0.2) is 6.20 Å². The first-order chi connectivity index (χ1) is 9.12. The first kappa shape index (κ1) is 17.0. The van der Waals surface area contributed by atoms with Crippen LogP contribution in [0.5, 0.6) is 0 Å². The first-order valence-electron chi connectivity index (χ1n) is 7.83. The monoisotopic (exact) mass is 376 g/mol.